The normalized spacial score (nSPS) is 19.2. The Morgan fingerprint density at radius 1 is 1.12 bits per heavy atom. The summed E-state index contributed by atoms with van der Waals surface area (Å²) in [6.07, 6.45) is 0.785. The standard InChI is InChI=1S/C24H26F3N3O2/c1-3-15-4-9-18(10-5-15)28-23(31)17-8-13-20-21(14-17)30(2)29-22(20)16-6-11-19(12-7-16)32-24(25,26)27/h6-8,11-15,18H,3-5,9-10H2,1-2H3,(H,28,31). The maximum Gasteiger partial charge on any atom is 0.573 e. The van der Waals surface area contributed by atoms with Gasteiger partial charge < -0.3 is 10.1 Å². The lowest BCUT2D eigenvalue weighted by molar-refractivity contribution is -0.274. The quantitative estimate of drug-likeness (QED) is 0.537. The van der Waals surface area contributed by atoms with Crippen molar-refractivity contribution in [3.8, 4) is 17.0 Å². The van der Waals surface area contributed by atoms with E-state index in [-0.39, 0.29) is 17.7 Å². The molecule has 1 saturated carbocycles. The molecule has 0 atom stereocenters. The topological polar surface area (TPSA) is 56.1 Å². The minimum absolute atomic E-state index is 0.0942. The van der Waals surface area contributed by atoms with E-state index in [2.05, 4.69) is 22.1 Å². The summed E-state index contributed by atoms with van der Waals surface area (Å²) in [7, 11) is 1.78. The summed E-state index contributed by atoms with van der Waals surface area (Å²) in [5.41, 5.74) is 2.64. The molecule has 3 aromatic rings. The second kappa shape index (κ2) is 8.84. The maximum absolute atomic E-state index is 12.8. The van der Waals surface area contributed by atoms with Gasteiger partial charge >= 0.3 is 6.36 Å². The van der Waals surface area contributed by atoms with Gasteiger partial charge in [-0.15, -0.1) is 13.2 Å². The minimum atomic E-state index is -4.73. The molecule has 1 N–H and O–H groups in total. The van der Waals surface area contributed by atoms with E-state index in [9.17, 15) is 18.0 Å². The van der Waals surface area contributed by atoms with Crippen LogP contribution in [0.2, 0.25) is 0 Å². The van der Waals surface area contributed by atoms with Gasteiger partial charge in [0.2, 0.25) is 0 Å². The number of alkyl halides is 3. The highest BCUT2D eigenvalue weighted by Crippen LogP contribution is 2.31. The molecule has 5 nitrogen and oxygen atoms in total. The average Bonchev–Trinajstić information content (AvgIpc) is 3.09. The molecule has 0 radical (unpaired) electrons. The minimum Gasteiger partial charge on any atom is -0.406 e. The van der Waals surface area contributed by atoms with Crippen LogP contribution in [0.4, 0.5) is 13.2 Å². The van der Waals surface area contributed by atoms with Crippen molar-refractivity contribution in [2.75, 3.05) is 0 Å². The van der Waals surface area contributed by atoms with Gasteiger partial charge in [0.15, 0.2) is 0 Å². The Morgan fingerprint density at radius 2 is 1.81 bits per heavy atom. The maximum atomic E-state index is 12.8. The van der Waals surface area contributed by atoms with Crippen LogP contribution >= 0.6 is 0 Å². The zero-order chi connectivity index (χ0) is 22.9. The highest BCUT2D eigenvalue weighted by Gasteiger charge is 2.31. The van der Waals surface area contributed by atoms with Crippen LogP contribution in [-0.4, -0.2) is 28.1 Å². The van der Waals surface area contributed by atoms with Crippen molar-refractivity contribution in [1.82, 2.24) is 15.1 Å². The number of halogens is 3. The van der Waals surface area contributed by atoms with Crippen LogP contribution in [0, 0.1) is 5.92 Å². The second-order valence-corrected chi connectivity index (χ2v) is 8.38. The Balaban J connectivity index is 1.52. The summed E-state index contributed by atoms with van der Waals surface area (Å²) >= 11 is 0. The number of rotatable bonds is 5. The smallest absolute Gasteiger partial charge is 0.406 e. The number of hydrogen-bond donors (Lipinski definition) is 1. The molecule has 4 rings (SSSR count). The van der Waals surface area contributed by atoms with Crippen molar-refractivity contribution in [2.24, 2.45) is 13.0 Å². The number of fused-ring (bicyclic) bond motifs is 1. The first-order valence-electron chi connectivity index (χ1n) is 10.9. The van der Waals surface area contributed by atoms with Crippen molar-refractivity contribution in [3.05, 3.63) is 48.0 Å². The van der Waals surface area contributed by atoms with Crippen molar-refractivity contribution in [3.63, 3.8) is 0 Å². The molecular weight excluding hydrogens is 419 g/mol. The Morgan fingerprint density at radius 3 is 2.44 bits per heavy atom. The number of aromatic nitrogens is 2. The third-order valence-electron chi connectivity index (χ3n) is 6.23. The molecule has 1 heterocycles. The number of carbonyl (C=O) groups is 1. The van der Waals surface area contributed by atoms with Crippen molar-refractivity contribution in [1.29, 1.82) is 0 Å². The third-order valence-corrected chi connectivity index (χ3v) is 6.23. The summed E-state index contributed by atoms with van der Waals surface area (Å²) in [5.74, 6) is 0.387. The number of amides is 1. The monoisotopic (exact) mass is 445 g/mol. The molecule has 0 saturated heterocycles. The van der Waals surface area contributed by atoms with Gasteiger partial charge in [-0.1, -0.05) is 13.3 Å². The van der Waals surface area contributed by atoms with Crippen molar-refractivity contribution >= 4 is 16.8 Å². The number of benzene rings is 2. The molecule has 0 spiro atoms. The summed E-state index contributed by atoms with van der Waals surface area (Å²) in [5, 5.41) is 8.49. The fraction of sp³-hybridized carbons (Fsp3) is 0.417. The summed E-state index contributed by atoms with van der Waals surface area (Å²) in [6.45, 7) is 2.21. The Hall–Kier alpha value is -3.03. The largest absolute Gasteiger partial charge is 0.573 e. The highest BCUT2D eigenvalue weighted by atomic mass is 19.4. The molecule has 0 bridgehead atoms. The Kier molecular flexibility index (Phi) is 6.13. The molecule has 0 unspecified atom stereocenters. The molecule has 1 aromatic heterocycles. The van der Waals surface area contributed by atoms with Crippen LogP contribution in [0.3, 0.4) is 0 Å². The first kappa shape index (κ1) is 22.2. The first-order chi connectivity index (χ1) is 15.2. The molecule has 8 heteroatoms. The molecule has 1 amide bonds. The molecule has 170 valence electrons. The summed E-state index contributed by atoms with van der Waals surface area (Å²) in [4.78, 5) is 12.8. The van der Waals surface area contributed by atoms with Crippen LogP contribution in [-0.2, 0) is 7.05 Å². The number of aryl methyl sites for hydroxylation is 1. The second-order valence-electron chi connectivity index (χ2n) is 8.38. The van der Waals surface area contributed by atoms with Gasteiger partial charge in [-0.05, 0) is 74.1 Å². The van der Waals surface area contributed by atoms with Crippen LogP contribution in [0.15, 0.2) is 42.5 Å². The van der Waals surface area contributed by atoms with E-state index in [1.165, 1.54) is 30.7 Å². The number of nitrogens with one attached hydrogen (secondary N) is 1. The number of nitrogens with zero attached hydrogens (tertiary/aromatic N) is 2. The van der Waals surface area contributed by atoms with E-state index >= 15 is 0 Å². The number of hydrogen-bond acceptors (Lipinski definition) is 3. The van der Waals surface area contributed by atoms with E-state index < -0.39 is 6.36 Å². The lowest BCUT2D eigenvalue weighted by Crippen LogP contribution is -2.37. The van der Waals surface area contributed by atoms with Crippen LogP contribution in [0.25, 0.3) is 22.2 Å². The summed E-state index contributed by atoms with van der Waals surface area (Å²) < 4.78 is 42.8. The van der Waals surface area contributed by atoms with Gasteiger partial charge in [-0.3, -0.25) is 9.48 Å². The van der Waals surface area contributed by atoms with Crippen LogP contribution < -0.4 is 10.1 Å². The van der Waals surface area contributed by atoms with E-state index in [0.717, 1.165) is 42.5 Å². The SMILES string of the molecule is CCC1CCC(NC(=O)c2ccc3c(-c4ccc(OC(F)(F)F)cc4)nn(C)c3c2)CC1. The van der Waals surface area contributed by atoms with Crippen molar-refractivity contribution < 1.29 is 22.7 Å². The van der Waals surface area contributed by atoms with Gasteiger partial charge in [0, 0.05) is 29.6 Å². The lowest BCUT2D eigenvalue weighted by atomic mass is 9.84. The van der Waals surface area contributed by atoms with E-state index in [4.69, 9.17) is 0 Å². The molecule has 1 aliphatic rings. The van der Waals surface area contributed by atoms with E-state index in [0.29, 0.717) is 16.8 Å². The van der Waals surface area contributed by atoms with Gasteiger partial charge in [0.05, 0.1) is 5.52 Å². The third kappa shape index (κ3) is 4.89. The van der Waals surface area contributed by atoms with Gasteiger partial charge in [-0.25, -0.2) is 0 Å². The zero-order valence-electron chi connectivity index (χ0n) is 18.1. The zero-order valence-corrected chi connectivity index (χ0v) is 18.1. The van der Waals surface area contributed by atoms with Gasteiger partial charge in [-0.2, -0.15) is 5.10 Å². The molecule has 1 fully saturated rings. The number of ether oxygens (including phenoxy) is 1. The molecule has 32 heavy (non-hydrogen) atoms. The molecule has 0 aliphatic heterocycles. The summed E-state index contributed by atoms with van der Waals surface area (Å²) in [6, 6.07) is 11.2. The first-order valence-corrected chi connectivity index (χ1v) is 10.9. The average molecular weight is 445 g/mol. The highest BCUT2D eigenvalue weighted by molar-refractivity contribution is 6.01. The van der Waals surface area contributed by atoms with Gasteiger partial charge in [0.25, 0.3) is 5.91 Å². The molecule has 1 aliphatic carbocycles. The van der Waals surface area contributed by atoms with E-state index in [1.54, 1.807) is 23.9 Å². The van der Waals surface area contributed by atoms with Gasteiger partial charge in [0.1, 0.15) is 11.4 Å². The fourth-order valence-electron chi connectivity index (χ4n) is 4.41. The Labute approximate surface area is 184 Å². The molecule has 2 aromatic carbocycles. The van der Waals surface area contributed by atoms with E-state index in [1.807, 2.05) is 6.07 Å². The van der Waals surface area contributed by atoms with Crippen molar-refractivity contribution in [2.45, 2.75) is 51.4 Å². The predicted octanol–water partition coefficient (Wildman–Crippen LogP) is 5.84. The number of carbonyl (C=O) groups excluding carboxylic acids is 1. The Bertz CT molecular complexity index is 1100. The fourth-order valence-corrected chi connectivity index (χ4v) is 4.41. The predicted molar refractivity (Wildman–Crippen MR) is 116 cm³/mol. The molecular formula is C24H26F3N3O2. The van der Waals surface area contributed by atoms with Crippen LogP contribution in [0.5, 0.6) is 5.75 Å². The lowest BCUT2D eigenvalue weighted by Gasteiger charge is -2.28. The van der Waals surface area contributed by atoms with Crippen LogP contribution in [0.1, 0.15) is 49.4 Å².